The van der Waals surface area contributed by atoms with Crippen molar-refractivity contribution in [3.8, 4) is 0 Å². The van der Waals surface area contributed by atoms with Crippen LogP contribution in [-0.4, -0.2) is 49.6 Å². The molecule has 7 nitrogen and oxygen atoms in total. The van der Waals surface area contributed by atoms with Gasteiger partial charge in [-0.25, -0.2) is 0 Å². The van der Waals surface area contributed by atoms with Gasteiger partial charge < -0.3 is 10.0 Å². The molecular weight excluding hydrogens is 220 g/mol. The quantitative estimate of drug-likeness (QED) is 0.770. The van der Waals surface area contributed by atoms with E-state index in [4.69, 9.17) is 0 Å². The van der Waals surface area contributed by atoms with Gasteiger partial charge in [0.1, 0.15) is 0 Å². The Bertz CT molecular complexity index is 524. The number of aliphatic hydroxyl groups excluding tert-OH is 1. The number of aromatic nitrogens is 5. The van der Waals surface area contributed by atoms with Crippen molar-refractivity contribution in [3.05, 3.63) is 12.1 Å². The first-order chi connectivity index (χ1) is 8.24. The summed E-state index contributed by atoms with van der Waals surface area (Å²) in [5.74, 6) is 1.18. The lowest BCUT2D eigenvalue weighted by Crippen LogP contribution is -2.25. The third-order valence-corrected chi connectivity index (χ3v) is 3.29. The number of tetrazole rings is 1. The van der Waals surface area contributed by atoms with E-state index in [9.17, 15) is 5.11 Å². The summed E-state index contributed by atoms with van der Waals surface area (Å²) >= 11 is 0. The lowest BCUT2D eigenvalue weighted by atomic mass is 10.0. The topological polar surface area (TPSA) is 79.4 Å². The molecule has 2 aromatic rings. The van der Waals surface area contributed by atoms with Crippen LogP contribution in [0.4, 0.5) is 5.82 Å². The van der Waals surface area contributed by atoms with Gasteiger partial charge in [0, 0.05) is 19.0 Å². The Balaban J connectivity index is 1.84. The molecule has 7 heteroatoms. The maximum absolute atomic E-state index is 9.57. The Morgan fingerprint density at radius 2 is 2.35 bits per heavy atom. The summed E-state index contributed by atoms with van der Waals surface area (Å²) in [7, 11) is 0. The molecule has 1 aliphatic heterocycles. The molecule has 0 bridgehead atoms. The SMILES string of the molecule is CC(O)C1CCN(c2ccc3nnnn3n2)C1. The highest BCUT2D eigenvalue weighted by atomic mass is 16.3. The van der Waals surface area contributed by atoms with E-state index in [1.807, 2.05) is 19.1 Å². The van der Waals surface area contributed by atoms with Gasteiger partial charge in [0.2, 0.25) is 0 Å². The fraction of sp³-hybridized carbons (Fsp3) is 0.600. The van der Waals surface area contributed by atoms with Crippen LogP contribution in [0, 0.1) is 5.92 Å². The lowest BCUT2D eigenvalue weighted by molar-refractivity contribution is 0.136. The van der Waals surface area contributed by atoms with Gasteiger partial charge in [-0.05, 0) is 35.9 Å². The van der Waals surface area contributed by atoms with E-state index in [1.165, 1.54) is 4.63 Å². The number of anilines is 1. The van der Waals surface area contributed by atoms with Gasteiger partial charge in [-0.3, -0.25) is 0 Å². The summed E-state index contributed by atoms with van der Waals surface area (Å²) in [6.07, 6.45) is 0.726. The zero-order valence-electron chi connectivity index (χ0n) is 9.56. The molecule has 0 aliphatic carbocycles. The van der Waals surface area contributed by atoms with Gasteiger partial charge in [0.15, 0.2) is 11.5 Å². The second kappa shape index (κ2) is 3.92. The highest BCUT2D eigenvalue weighted by Crippen LogP contribution is 2.23. The van der Waals surface area contributed by atoms with E-state index in [0.717, 1.165) is 25.3 Å². The van der Waals surface area contributed by atoms with Crippen molar-refractivity contribution < 1.29 is 5.11 Å². The van der Waals surface area contributed by atoms with Crippen molar-refractivity contribution in [2.24, 2.45) is 5.92 Å². The van der Waals surface area contributed by atoms with E-state index in [2.05, 4.69) is 25.5 Å². The number of rotatable bonds is 2. The predicted octanol–water partition coefficient (Wildman–Crippen LogP) is -0.274. The van der Waals surface area contributed by atoms with Gasteiger partial charge in [0.25, 0.3) is 0 Å². The van der Waals surface area contributed by atoms with Crippen molar-refractivity contribution in [1.29, 1.82) is 0 Å². The van der Waals surface area contributed by atoms with E-state index in [1.54, 1.807) is 0 Å². The maximum atomic E-state index is 9.57. The fourth-order valence-corrected chi connectivity index (χ4v) is 2.20. The maximum Gasteiger partial charge on any atom is 0.200 e. The van der Waals surface area contributed by atoms with Crippen molar-refractivity contribution in [3.63, 3.8) is 0 Å². The molecule has 1 fully saturated rings. The molecule has 90 valence electrons. The normalized spacial score (nSPS) is 22.2. The Morgan fingerprint density at radius 1 is 1.47 bits per heavy atom. The van der Waals surface area contributed by atoms with Gasteiger partial charge in [0.05, 0.1) is 6.10 Å². The molecule has 0 amide bonds. The number of nitrogens with zero attached hydrogens (tertiary/aromatic N) is 6. The Kier molecular flexibility index (Phi) is 2.40. The standard InChI is InChI=1S/C10H14N6O/c1-7(17)8-4-5-15(6-8)10-3-2-9-11-13-14-16(9)12-10/h2-3,7-8,17H,4-6H2,1H3. The van der Waals surface area contributed by atoms with E-state index >= 15 is 0 Å². The first-order valence-electron chi connectivity index (χ1n) is 5.72. The third kappa shape index (κ3) is 1.82. The monoisotopic (exact) mass is 234 g/mol. The van der Waals surface area contributed by atoms with Crippen LogP contribution in [0.5, 0.6) is 0 Å². The summed E-state index contributed by atoms with van der Waals surface area (Å²) < 4.78 is 1.42. The molecule has 0 radical (unpaired) electrons. The van der Waals surface area contributed by atoms with Crippen LogP contribution in [0.3, 0.4) is 0 Å². The molecule has 1 aliphatic rings. The minimum atomic E-state index is -0.267. The smallest absolute Gasteiger partial charge is 0.200 e. The highest BCUT2D eigenvalue weighted by Gasteiger charge is 2.27. The Morgan fingerprint density at radius 3 is 3.12 bits per heavy atom. The van der Waals surface area contributed by atoms with E-state index in [0.29, 0.717) is 11.6 Å². The molecule has 2 aromatic heterocycles. The molecule has 3 heterocycles. The average molecular weight is 234 g/mol. The van der Waals surface area contributed by atoms with Crippen molar-refractivity contribution in [2.45, 2.75) is 19.4 Å². The van der Waals surface area contributed by atoms with Crippen LogP contribution in [0.2, 0.25) is 0 Å². The molecule has 0 spiro atoms. The van der Waals surface area contributed by atoms with E-state index in [-0.39, 0.29) is 6.10 Å². The van der Waals surface area contributed by atoms with Crippen LogP contribution < -0.4 is 4.90 Å². The summed E-state index contributed by atoms with van der Waals surface area (Å²) in [6, 6.07) is 3.76. The van der Waals surface area contributed by atoms with Crippen LogP contribution in [0.25, 0.3) is 5.65 Å². The molecule has 1 saturated heterocycles. The van der Waals surface area contributed by atoms with Crippen molar-refractivity contribution in [2.75, 3.05) is 18.0 Å². The molecule has 2 unspecified atom stereocenters. The number of hydrogen-bond donors (Lipinski definition) is 1. The molecule has 0 saturated carbocycles. The Labute approximate surface area is 98.0 Å². The fourth-order valence-electron chi connectivity index (χ4n) is 2.20. The zero-order valence-corrected chi connectivity index (χ0v) is 9.56. The molecule has 3 rings (SSSR count). The molecule has 17 heavy (non-hydrogen) atoms. The van der Waals surface area contributed by atoms with Gasteiger partial charge in [-0.15, -0.1) is 14.8 Å². The van der Waals surface area contributed by atoms with E-state index < -0.39 is 0 Å². The second-order valence-corrected chi connectivity index (χ2v) is 4.45. The predicted molar refractivity (Wildman–Crippen MR) is 60.6 cm³/mol. The second-order valence-electron chi connectivity index (χ2n) is 4.45. The average Bonchev–Trinajstić information content (AvgIpc) is 2.97. The molecular formula is C10H14N6O. The molecule has 1 N–H and O–H groups in total. The van der Waals surface area contributed by atoms with Gasteiger partial charge in [-0.2, -0.15) is 0 Å². The van der Waals surface area contributed by atoms with Gasteiger partial charge >= 0.3 is 0 Å². The summed E-state index contributed by atoms with van der Waals surface area (Å²) in [5, 5.41) is 25.0. The number of fused-ring (bicyclic) bond motifs is 1. The Hall–Kier alpha value is -1.76. The first kappa shape index (κ1) is 10.4. The van der Waals surface area contributed by atoms with Crippen molar-refractivity contribution >= 4 is 11.5 Å². The first-order valence-corrected chi connectivity index (χ1v) is 5.72. The highest BCUT2D eigenvalue weighted by molar-refractivity contribution is 5.45. The third-order valence-electron chi connectivity index (χ3n) is 3.29. The summed E-state index contributed by atoms with van der Waals surface area (Å²) in [4.78, 5) is 2.15. The zero-order chi connectivity index (χ0) is 11.8. The summed E-state index contributed by atoms with van der Waals surface area (Å²) in [6.45, 7) is 3.58. The van der Waals surface area contributed by atoms with Crippen LogP contribution >= 0.6 is 0 Å². The number of hydrogen-bond acceptors (Lipinski definition) is 6. The minimum Gasteiger partial charge on any atom is -0.393 e. The van der Waals surface area contributed by atoms with Crippen LogP contribution in [-0.2, 0) is 0 Å². The largest absolute Gasteiger partial charge is 0.393 e. The van der Waals surface area contributed by atoms with Crippen molar-refractivity contribution in [1.82, 2.24) is 25.3 Å². The number of aliphatic hydroxyl groups is 1. The minimum absolute atomic E-state index is 0.267. The molecule has 2 atom stereocenters. The summed E-state index contributed by atoms with van der Waals surface area (Å²) in [5.41, 5.74) is 0.639. The van der Waals surface area contributed by atoms with Crippen LogP contribution in [0.1, 0.15) is 13.3 Å². The van der Waals surface area contributed by atoms with Crippen LogP contribution in [0.15, 0.2) is 12.1 Å². The molecule has 0 aromatic carbocycles. The van der Waals surface area contributed by atoms with Gasteiger partial charge in [-0.1, -0.05) is 0 Å². The lowest BCUT2D eigenvalue weighted by Gasteiger charge is -2.17.